The topological polar surface area (TPSA) is 23.6 Å². The molecule has 0 saturated carbocycles. The van der Waals surface area contributed by atoms with Crippen LogP contribution in [0.2, 0.25) is 0 Å². The molecule has 1 fully saturated rings. The Labute approximate surface area is 165 Å². The van der Waals surface area contributed by atoms with Crippen molar-refractivity contribution in [3.63, 3.8) is 0 Å². The molecule has 3 aromatic carbocycles. The van der Waals surface area contributed by atoms with E-state index in [1.165, 1.54) is 6.07 Å². The maximum Gasteiger partial charge on any atom is 0.244 e. The predicted molar refractivity (Wildman–Crippen MR) is 111 cm³/mol. The molecule has 0 radical (unpaired) electrons. The Balaban J connectivity index is 1.47. The normalized spacial score (nSPS) is 17.7. The van der Waals surface area contributed by atoms with E-state index in [1.807, 2.05) is 65.3 Å². The molecule has 4 heteroatoms. The quantitative estimate of drug-likeness (QED) is 0.659. The van der Waals surface area contributed by atoms with Crippen molar-refractivity contribution in [2.75, 3.05) is 18.0 Å². The van der Waals surface area contributed by atoms with Crippen LogP contribution >= 0.6 is 0 Å². The summed E-state index contributed by atoms with van der Waals surface area (Å²) in [6.45, 7) is 3.65. The summed E-state index contributed by atoms with van der Waals surface area (Å²) in [6.07, 6.45) is 0. The number of halogens is 1. The predicted octanol–water partition coefficient (Wildman–Crippen LogP) is 4.73. The summed E-state index contributed by atoms with van der Waals surface area (Å²) in [7, 11) is 0. The number of anilines is 1. The van der Waals surface area contributed by atoms with E-state index in [0.29, 0.717) is 25.2 Å². The van der Waals surface area contributed by atoms with Gasteiger partial charge in [-0.3, -0.25) is 9.69 Å². The molecule has 0 spiro atoms. The van der Waals surface area contributed by atoms with Crippen molar-refractivity contribution >= 4 is 11.6 Å². The molecule has 1 aliphatic rings. The third-order valence-electron chi connectivity index (χ3n) is 5.40. The molecule has 0 aliphatic carbocycles. The van der Waals surface area contributed by atoms with Crippen molar-refractivity contribution in [3.05, 3.63) is 90.2 Å². The van der Waals surface area contributed by atoms with Crippen LogP contribution in [0.4, 0.5) is 10.1 Å². The van der Waals surface area contributed by atoms with Crippen LogP contribution in [0.3, 0.4) is 0 Å². The van der Waals surface area contributed by atoms with Gasteiger partial charge in [0.1, 0.15) is 5.82 Å². The summed E-state index contributed by atoms with van der Waals surface area (Å²) in [5.74, 6) is -0.170. The zero-order valence-corrected chi connectivity index (χ0v) is 15.9. The van der Waals surface area contributed by atoms with Crippen molar-refractivity contribution in [1.82, 2.24) is 4.90 Å². The van der Waals surface area contributed by atoms with Crippen LogP contribution < -0.4 is 4.90 Å². The number of amides is 1. The van der Waals surface area contributed by atoms with Crippen LogP contribution in [-0.4, -0.2) is 29.9 Å². The molecule has 1 amide bonds. The molecule has 3 aromatic rings. The van der Waals surface area contributed by atoms with Gasteiger partial charge in [0.15, 0.2) is 0 Å². The number of rotatable bonds is 4. The number of piperazine rings is 1. The average molecular weight is 374 g/mol. The number of benzene rings is 3. The molecule has 1 atom stereocenters. The molecule has 0 N–H and O–H groups in total. The van der Waals surface area contributed by atoms with Gasteiger partial charge in [-0.1, -0.05) is 60.7 Å². The van der Waals surface area contributed by atoms with Crippen LogP contribution in [0, 0.1) is 5.82 Å². The lowest BCUT2D eigenvalue weighted by molar-refractivity contribution is -0.125. The molecular weight excluding hydrogens is 351 g/mol. The van der Waals surface area contributed by atoms with Gasteiger partial charge in [-0.05, 0) is 36.2 Å². The minimum absolute atomic E-state index is 0.0510. The third-order valence-corrected chi connectivity index (χ3v) is 5.40. The number of carbonyl (C=O) groups is 1. The van der Waals surface area contributed by atoms with Crippen LogP contribution in [-0.2, 0) is 11.3 Å². The fraction of sp³-hybridized carbons (Fsp3) is 0.208. The first-order valence-corrected chi connectivity index (χ1v) is 9.58. The molecule has 1 heterocycles. The molecule has 3 nitrogen and oxygen atoms in total. The first kappa shape index (κ1) is 18.4. The van der Waals surface area contributed by atoms with Crippen LogP contribution in [0.25, 0.3) is 11.1 Å². The maximum absolute atomic E-state index is 14.0. The Morgan fingerprint density at radius 3 is 2.21 bits per heavy atom. The summed E-state index contributed by atoms with van der Waals surface area (Å²) in [5.41, 5.74) is 3.82. The van der Waals surface area contributed by atoms with Gasteiger partial charge in [0, 0.05) is 30.9 Å². The second-order valence-corrected chi connectivity index (χ2v) is 7.14. The lowest BCUT2D eigenvalue weighted by Gasteiger charge is -2.39. The van der Waals surface area contributed by atoms with Crippen LogP contribution in [0.1, 0.15) is 12.5 Å². The SMILES string of the molecule is C[C@H]1C(=O)N(c2ccc(-c3ccccc3)cc2)CCN1Cc1ccccc1F. The van der Waals surface area contributed by atoms with Crippen LogP contribution in [0.5, 0.6) is 0 Å². The molecule has 1 aliphatic heterocycles. The number of carbonyl (C=O) groups excluding carboxylic acids is 1. The lowest BCUT2D eigenvalue weighted by Crippen LogP contribution is -2.55. The zero-order valence-electron chi connectivity index (χ0n) is 15.9. The first-order chi connectivity index (χ1) is 13.6. The van der Waals surface area contributed by atoms with Crippen molar-refractivity contribution in [1.29, 1.82) is 0 Å². The minimum Gasteiger partial charge on any atom is -0.310 e. The highest BCUT2D eigenvalue weighted by molar-refractivity contribution is 5.97. The van der Waals surface area contributed by atoms with Gasteiger partial charge in [-0.2, -0.15) is 0 Å². The van der Waals surface area contributed by atoms with Crippen molar-refractivity contribution in [3.8, 4) is 11.1 Å². The molecule has 4 rings (SSSR count). The monoisotopic (exact) mass is 374 g/mol. The summed E-state index contributed by atoms with van der Waals surface area (Å²) >= 11 is 0. The molecule has 0 unspecified atom stereocenters. The molecule has 28 heavy (non-hydrogen) atoms. The highest BCUT2D eigenvalue weighted by Gasteiger charge is 2.32. The smallest absolute Gasteiger partial charge is 0.244 e. The fourth-order valence-corrected chi connectivity index (χ4v) is 3.70. The second-order valence-electron chi connectivity index (χ2n) is 7.14. The van der Waals surface area contributed by atoms with Gasteiger partial charge in [-0.15, -0.1) is 0 Å². The maximum atomic E-state index is 14.0. The van der Waals surface area contributed by atoms with E-state index in [0.717, 1.165) is 16.8 Å². The van der Waals surface area contributed by atoms with Gasteiger partial charge < -0.3 is 4.90 Å². The van der Waals surface area contributed by atoms with Gasteiger partial charge in [0.25, 0.3) is 0 Å². The standard InChI is InChI=1S/C24H23FN2O/c1-18-24(28)27(16-15-26(18)17-21-9-5-6-10-23(21)25)22-13-11-20(12-14-22)19-7-3-2-4-8-19/h2-14,18H,15-17H2,1H3/t18-/m0/s1. The largest absolute Gasteiger partial charge is 0.310 e. The Morgan fingerprint density at radius 1 is 0.857 bits per heavy atom. The Hall–Kier alpha value is -2.98. The number of hydrogen-bond acceptors (Lipinski definition) is 2. The van der Waals surface area contributed by atoms with Crippen LogP contribution in [0.15, 0.2) is 78.9 Å². The van der Waals surface area contributed by atoms with E-state index in [-0.39, 0.29) is 17.8 Å². The highest BCUT2D eigenvalue weighted by atomic mass is 19.1. The summed E-state index contributed by atoms with van der Waals surface area (Å²) in [6, 6.07) is 24.7. The van der Waals surface area contributed by atoms with Crippen molar-refractivity contribution in [2.45, 2.75) is 19.5 Å². The summed E-state index contributed by atoms with van der Waals surface area (Å²) in [5, 5.41) is 0. The molecule has 142 valence electrons. The lowest BCUT2D eigenvalue weighted by atomic mass is 10.0. The van der Waals surface area contributed by atoms with E-state index in [4.69, 9.17) is 0 Å². The van der Waals surface area contributed by atoms with Gasteiger partial charge in [-0.25, -0.2) is 4.39 Å². The van der Waals surface area contributed by atoms with Gasteiger partial charge >= 0.3 is 0 Å². The minimum atomic E-state index is -0.290. The number of nitrogens with zero attached hydrogens (tertiary/aromatic N) is 2. The molecule has 1 saturated heterocycles. The van der Waals surface area contributed by atoms with E-state index in [2.05, 4.69) is 12.1 Å². The average Bonchev–Trinajstić information content (AvgIpc) is 2.74. The zero-order chi connectivity index (χ0) is 19.5. The van der Waals surface area contributed by atoms with E-state index >= 15 is 0 Å². The van der Waals surface area contributed by atoms with Gasteiger partial charge in [0.05, 0.1) is 6.04 Å². The van der Waals surface area contributed by atoms with Crippen molar-refractivity contribution < 1.29 is 9.18 Å². The Bertz CT molecular complexity index is 956. The molecular formula is C24H23FN2O. The second kappa shape index (κ2) is 7.95. The van der Waals surface area contributed by atoms with Crippen molar-refractivity contribution in [2.24, 2.45) is 0 Å². The molecule has 0 bridgehead atoms. The molecule has 0 aromatic heterocycles. The first-order valence-electron chi connectivity index (χ1n) is 9.58. The number of hydrogen-bond donors (Lipinski definition) is 0. The Morgan fingerprint density at radius 2 is 1.50 bits per heavy atom. The van der Waals surface area contributed by atoms with Gasteiger partial charge in [0.2, 0.25) is 5.91 Å². The highest BCUT2D eigenvalue weighted by Crippen LogP contribution is 2.26. The van der Waals surface area contributed by atoms with E-state index in [1.54, 1.807) is 12.1 Å². The summed E-state index contributed by atoms with van der Waals surface area (Å²) in [4.78, 5) is 16.8. The third kappa shape index (κ3) is 3.69. The van der Waals surface area contributed by atoms with E-state index in [9.17, 15) is 9.18 Å². The van der Waals surface area contributed by atoms with E-state index < -0.39 is 0 Å². The Kier molecular flexibility index (Phi) is 5.22. The summed E-state index contributed by atoms with van der Waals surface area (Å²) < 4.78 is 14.0. The fourth-order valence-electron chi connectivity index (χ4n) is 3.70.